The molecule has 0 spiro atoms. The summed E-state index contributed by atoms with van der Waals surface area (Å²) in [5.74, 6) is -0.783. The van der Waals surface area contributed by atoms with Crippen LogP contribution in [-0.4, -0.2) is 61.9 Å². The van der Waals surface area contributed by atoms with Crippen LogP contribution in [0.1, 0.15) is 116 Å². The number of nitrogens with one attached hydrogen (secondary N) is 1. The van der Waals surface area contributed by atoms with Crippen LogP contribution in [-0.2, 0) is 30.6 Å². The van der Waals surface area contributed by atoms with Gasteiger partial charge in [0.25, 0.3) is 0 Å². The first-order valence-electron chi connectivity index (χ1n) is 14.0. The Bertz CT molecular complexity index is 487. The van der Waals surface area contributed by atoms with E-state index in [-0.39, 0.29) is 19.1 Å². The predicted molar refractivity (Wildman–Crippen MR) is 149 cm³/mol. The minimum Gasteiger partial charge on any atom is -0.481 e. The van der Waals surface area contributed by atoms with Crippen LogP contribution in [0.15, 0.2) is 0 Å². The van der Waals surface area contributed by atoms with E-state index in [1.54, 1.807) is 0 Å². The van der Waals surface area contributed by atoms with Crippen LogP contribution in [0.3, 0.4) is 0 Å². The van der Waals surface area contributed by atoms with E-state index < -0.39 is 13.0 Å². The highest BCUT2D eigenvalue weighted by Gasteiger charge is 2.11. The minimum atomic E-state index is -1.59. The third-order valence-electron chi connectivity index (χ3n) is 5.87. The summed E-state index contributed by atoms with van der Waals surface area (Å²) in [7, 11) is -1.59. The third-order valence-corrected chi connectivity index (χ3v) is 7.62. The molecule has 1 unspecified atom stereocenters. The Labute approximate surface area is 220 Å². The summed E-state index contributed by atoms with van der Waals surface area (Å²) < 4.78 is 17.4. The van der Waals surface area contributed by atoms with Gasteiger partial charge >= 0.3 is 5.97 Å². The van der Waals surface area contributed by atoms with E-state index in [0.29, 0.717) is 45.8 Å². The van der Waals surface area contributed by atoms with Gasteiger partial charge in [-0.3, -0.25) is 9.88 Å². The minimum absolute atomic E-state index is 0.0278. The summed E-state index contributed by atoms with van der Waals surface area (Å²) >= 11 is 5.25. The monoisotopic (exact) mass is 539 g/mol. The number of hydrogen-bond donors (Lipinski definition) is 3. The van der Waals surface area contributed by atoms with Gasteiger partial charge in [-0.1, -0.05) is 102 Å². The molecule has 0 aliphatic heterocycles. The van der Waals surface area contributed by atoms with E-state index in [9.17, 15) is 4.79 Å². The summed E-state index contributed by atoms with van der Waals surface area (Å²) in [4.78, 5) is 10.6. The Balaban J connectivity index is 3.73. The molecule has 3 N–H and O–H groups in total. The van der Waals surface area contributed by atoms with Crippen LogP contribution in [0.5, 0.6) is 0 Å². The Morgan fingerprint density at radius 2 is 1.37 bits per heavy atom. The molecule has 0 aromatic heterocycles. The quantitative estimate of drug-likeness (QED) is 0.0760. The van der Waals surface area contributed by atoms with Crippen molar-refractivity contribution >= 4 is 24.9 Å². The molecule has 0 aromatic carbocycles. The van der Waals surface area contributed by atoms with Crippen molar-refractivity contribution in [3.63, 3.8) is 0 Å². The molecule has 7 nitrogen and oxygen atoms in total. The first kappa shape index (κ1) is 34.9. The Kier molecular flexibility index (Phi) is 28.4. The lowest BCUT2D eigenvalue weighted by Gasteiger charge is -2.19. The van der Waals surface area contributed by atoms with Crippen molar-refractivity contribution < 1.29 is 29.0 Å². The third kappa shape index (κ3) is 28.3. The molecule has 0 aliphatic carbocycles. The molecule has 0 amide bonds. The first-order chi connectivity index (χ1) is 17.1. The van der Waals surface area contributed by atoms with E-state index in [1.807, 2.05) is 0 Å². The number of ether oxygens (including phenoxy) is 2. The topological polar surface area (TPSA) is 97.3 Å². The Morgan fingerprint density at radius 3 is 1.91 bits per heavy atom. The number of hydrogen-bond acceptors (Lipinski definition) is 6. The van der Waals surface area contributed by atoms with Gasteiger partial charge in [0.15, 0.2) is 0 Å². The lowest BCUT2D eigenvalue weighted by molar-refractivity contribution is -0.137. The van der Waals surface area contributed by atoms with Crippen molar-refractivity contribution in [1.29, 1.82) is 0 Å². The number of rotatable bonds is 29. The Hall–Kier alpha value is -0.0800. The van der Waals surface area contributed by atoms with Gasteiger partial charge in [-0.05, 0) is 19.3 Å². The highest BCUT2D eigenvalue weighted by atomic mass is 32.4. The van der Waals surface area contributed by atoms with Gasteiger partial charge in [-0.2, -0.15) is 0 Å². The highest BCUT2D eigenvalue weighted by molar-refractivity contribution is 8.02. The number of carboxylic acids is 1. The van der Waals surface area contributed by atoms with E-state index >= 15 is 0 Å². The van der Waals surface area contributed by atoms with Crippen molar-refractivity contribution in [2.24, 2.45) is 0 Å². The standard InChI is InChI=1S/C26H54NO6PS/c1-2-3-4-5-6-7-8-9-10-11-12-13-14-16-21-31-23-25(24-33-34(35)27-19-20-28)32-22-17-15-18-26(29)30/h25,28,34H,2-24H2,1H3,(H,27,35)(H,29,30)/t25-/m1/s1. The maximum Gasteiger partial charge on any atom is 0.303 e. The molecular weight excluding hydrogens is 485 g/mol. The highest BCUT2D eigenvalue weighted by Crippen LogP contribution is 2.17. The van der Waals surface area contributed by atoms with E-state index in [1.165, 1.54) is 83.5 Å². The zero-order valence-electron chi connectivity index (χ0n) is 22.3. The number of aliphatic hydroxyl groups excluding tert-OH is 1. The molecule has 0 saturated heterocycles. The summed E-state index contributed by atoms with van der Waals surface area (Å²) in [6.07, 6.45) is 19.9. The summed E-state index contributed by atoms with van der Waals surface area (Å²) in [6, 6.07) is 0. The fraction of sp³-hybridized carbons (Fsp3) is 0.962. The van der Waals surface area contributed by atoms with Crippen LogP contribution >= 0.6 is 7.07 Å². The smallest absolute Gasteiger partial charge is 0.303 e. The number of carbonyl (C=O) groups is 1. The number of aliphatic carboxylic acids is 1. The molecule has 2 atom stereocenters. The molecule has 0 rings (SSSR count). The average molecular weight is 540 g/mol. The van der Waals surface area contributed by atoms with Crippen LogP contribution in [0.2, 0.25) is 0 Å². The normalized spacial score (nSPS) is 13.2. The van der Waals surface area contributed by atoms with Gasteiger partial charge < -0.3 is 24.2 Å². The molecular formula is C26H54NO6PS. The van der Waals surface area contributed by atoms with Gasteiger partial charge in [0, 0.05) is 26.2 Å². The second-order valence-electron chi connectivity index (χ2n) is 9.26. The molecule has 0 radical (unpaired) electrons. The molecule has 0 bridgehead atoms. The molecule has 0 heterocycles. The lowest BCUT2D eigenvalue weighted by atomic mass is 10.0. The first-order valence-corrected chi connectivity index (χ1v) is 16.6. The summed E-state index contributed by atoms with van der Waals surface area (Å²) in [5.41, 5.74) is 0. The van der Waals surface area contributed by atoms with Gasteiger partial charge in [0.1, 0.15) is 13.2 Å². The van der Waals surface area contributed by atoms with E-state index in [4.69, 9.17) is 36.0 Å². The second-order valence-corrected chi connectivity index (χ2v) is 11.6. The van der Waals surface area contributed by atoms with Gasteiger partial charge in [0.2, 0.25) is 0 Å². The number of aliphatic hydroxyl groups is 1. The second kappa shape index (κ2) is 28.5. The van der Waals surface area contributed by atoms with Crippen molar-refractivity contribution in [3.05, 3.63) is 0 Å². The maximum absolute atomic E-state index is 10.6. The van der Waals surface area contributed by atoms with Crippen LogP contribution in [0.4, 0.5) is 0 Å². The lowest BCUT2D eigenvalue weighted by Crippen LogP contribution is -2.26. The van der Waals surface area contributed by atoms with Crippen LogP contribution in [0.25, 0.3) is 0 Å². The predicted octanol–water partition coefficient (Wildman–Crippen LogP) is 6.23. The molecule has 0 aromatic rings. The van der Waals surface area contributed by atoms with Crippen LogP contribution in [0, 0.1) is 0 Å². The largest absolute Gasteiger partial charge is 0.481 e. The van der Waals surface area contributed by atoms with Gasteiger partial charge in [0.05, 0.1) is 19.8 Å². The van der Waals surface area contributed by atoms with Crippen molar-refractivity contribution in [2.75, 3.05) is 39.6 Å². The molecule has 35 heavy (non-hydrogen) atoms. The number of carboxylic acid groups (broad SMARTS) is 1. The van der Waals surface area contributed by atoms with Crippen molar-refractivity contribution in [1.82, 2.24) is 5.09 Å². The molecule has 0 fully saturated rings. The number of unbranched alkanes of at least 4 members (excludes halogenated alkanes) is 14. The molecule has 0 saturated carbocycles. The zero-order valence-corrected chi connectivity index (χ0v) is 24.1. The van der Waals surface area contributed by atoms with Crippen molar-refractivity contribution in [2.45, 2.75) is 122 Å². The van der Waals surface area contributed by atoms with E-state index in [0.717, 1.165) is 6.42 Å². The van der Waals surface area contributed by atoms with Gasteiger partial charge in [-0.25, -0.2) is 0 Å². The SMILES string of the molecule is CCCCCCCCCCCCCCCCOC[C@H](CO[PH](=S)NCCO)OCCCCC(=O)O. The van der Waals surface area contributed by atoms with E-state index in [2.05, 4.69) is 12.0 Å². The van der Waals surface area contributed by atoms with Crippen LogP contribution < -0.4 is 5.09 Å². The molecule has 9 heteroatoms. The fourth-order valence-electron chi connectivity index (χ4n) is 3.76. The Morgan fingerprint density at radius 1 is 0.829 bits per heavy atom. The summed E-state index contributed by atoms with van der Waals surface area (Å²) in [5, 5.41) is 20.6. The summed E-state index contributed by atoms with van der Waals surface area (Å²) in [6.45, 7) is 4.70. The van der Waals surface area contributed by atoms with Gasteiger partial charge in [-0.15, -0.1) is 0 Å². The van der Waals surface area contributed by atoms with Crippen molar-refractivity contribution in [3.8, 4) is 0 Å². The zero-order chi connectivity index (χ0) is 25.8. The molecule has 210 valence electrons. The molecule has 0 aliphatic rings. The maximum atomic E-state index is 10.6. The fourth-order valence-corrected chi connectivity index (χ4v) is 5.03. The average Bonchev–Trinajstić information content (AvgIpc) is 2.84.